The lowest BCUT2D eigenvalue weighted by Crippen LogP contribution is -2.41. The molecule has 0 spiro atoms. The van der Waals surface area contributed by atoms with Gasteiger partial charge in [-0.2, -0.15) is 11.3 Å². The van der Waals surface area contributed by atoms with Crippen LogP contribution in [-0.4, -0.2) is 19.3 Å². The van der Waals surface area contributed by atoms with Crippen LogP contribution < -0.4 is 14.8 Å². The molecule has 1 aliphatic rings. The SMILES string of the molecule is CCNC(c1ccsc1)C1COc2ccccc2O1. The van der Waals surface area contributed by atoms with Gasteiger partial charge in [0, 0.05) is 0 Å². The molecule has 4 heteroatoms. The Labute approximate surface area is 117 Å². The van der Waals surface area contributed by atoms with Gasteiger partial charge in [-0.05, 0) is 41.1 Å². The number of thiophene rings is 1. The first-order valence-electron chi connectivity index (χ1n) is 6.52. The molecule has 2 unspecified atom stereocenters. The fraction of sp³-hybridized carbons (Fsp3) is 0.333. The molecule has 3 rings (SSSR count). The van der Waals surface area contributed by atoms with Gasteiger partial charge in [-0.15, -0.1) is 0 Å². The number of hydrogen-bond donors (Lipinski definition) is 1. The second-order valence-electron chi connectivity index (χ2n) is 4.51. The fourth-order valence-electron chi connectivity index (χ4n) is 2.34. The van der Waals surface area contributed by atoms with Crippen molar-refractivity contribution in [3.8, 4) is 11.5 Å². The van der Waals surface area contributed by atoms with Crippen LogP contribution in [0, 0.1) is 0 Å². The predicted octanol–water partition coefficient (Wildman–Crippen LogP) is 3.24. The lowest BCUT2D eigenvalue weighted by atomic mass is 10.0. The summed E-state index contributed by atoms with van der Waals surface area (Å²) in [5.74, 6) is 1.66. The van der Waals surface area contributed by atoms with Crippen LogP contribution in [0.3, 0.4) is 0 Å². The molecule has 1 N–H and O–H groups in total. The monoisotopic (exact) mass is 275 g/mol. The number of fused-ring (bicyclic) bond motifs is 1. The van der Waals surface area contributed by atoms with E-state index in [0.717, 1.165) is 18.0 Å². The fourth-order valence-corrected chi connectivity index (χ4v) is 3.03. The third-order valence-electron chi connectivity index (χ3n) is 3.23. The minimum Gasteiger partial charge on any atom is -0.486 e. The Hall–Kier alpha value is -1.52. The van der Waals surface area contributed by atoms with E-state index in [4.69, 9.17) is 9.47 Å². The van der Waals surface area contributed by atoms with Gasteiger partial charge in [0.1, 0.15) is 6.61 Å². The summed E-state index contributed by atoms with van der Waals surface area (Å²) >= 11 is 1.71. The van der Waals surface area contributed by atoms with Gasteiger partial charge in [-0.1, -0.05) is 19.1 Å². The number of nitrogens with one attached hydrogen (secondary N) is 1. The summed E-state index contributed by atoms with van der Waals surface area (Å²) in [5.41, 5.74) is 1.26. The summed E-state index contributed by atoms with van der Waals surface area (Å²) in [6.07, 6.45) is 0.00412. The maximum absolute atomic E-state index is 6.09. The number of ether oxygens (including phenoxy) is 2. The van der Waals surface area contributed by atoms with E-state index in [1.54, 1.807) is 11.3 Å². The molecule has 1 aromatic carbocycles. The highest BCUT2D eigenvalue weighted by Crippen LogP contribution is 2.34. The third-order valence-corrected chi connectivity index (χ3v) is 3.93. The summed E-state index contributed by atoms with van der Waals surface area (Å²) in [5, 5.41) is 7.75. The van der Waals surface area contributed by atoms with E-state index in [1.165, 1.54) is 5.56 Å². The standard InChI is InChI=1S/C15H17NO2S/c1-2-16-15(11-7-8-19-10-11)14-9-17-12-5-3-4-6-13(12)18-14/h3-8,10,14-16H,2,9H2,1H3. The first-order valence-corrected chi connectivity index (χ1v) is 7.46. The summed E-state index contributed by atoms with van der Waals surface area (Å²) in [6.45, 7) is 3.59. The molecule has 1 aliphatic heterocycles. The van der Waals surface area contributed by atoms with Crippen LogP contribution in [0.25, 0.3) is 0 Å². The lowest BCUT2D eigenvalue weighted by Gasteiger charge is -2.32. The maximum Gasteiger partial charge on any atom is 0.161 e. The summed E-state index contributed by atoms with van der Waals surface area (Å²) in [4.78, 5) is 0. The van der Waals surface area contributed by atoms with Gasteiger partial charge in [0.2, 0.25) is 0 Å². The molecule has 1 aromatic heterocycles. The van der Waals surface area contributed by atoms with Crippen molar-refractivity contribution in [2.75, 3.05) is 13.2 Å². The van der Waals surface area contributed by atoms with Crippen LogP contribution >= 0.6 is 11.3 Å². The quantitative estimate of drug-likeness (QED) is 0.929. The van der Waals surface area contributed by atoms with E-state index in [-0.39, 0.29) is 12.1 Å². The molecule has 0 aliphatic carbocycles. The zero-order valence-corrected chi connectivity index (χ0v) is 11.7. The van der Waals surface area contributed by atoms with Crippen molar-refractivity contribution in [3.63, 3.8) is 0 Å². The largest absolute Gasteiger partial charge is 0.486 e. The average molecular weight is 275 g/mol. The highest BCUT2D eigenvalue weighted by Gasteiger charge is 2.29. The zero-order chi connectivity index (χ0) is 13.1. The molecule has 3 nitrogen and oxygen atoms in total. The van der Waals surface area contributed by atoms with Crippen LogP contribution in [-0.2, 0) is 0 Å². The summed E-state index contributed by atoms with van der Waals surface area (Å²) < 4.78 is 11.9. The molecule has 2 aromatic rings. The van der Waals surface area contributed by atoms with Crippen molar-refractivity contribution in [1.82, 2.24) is 5.32 Å². The van der Waals surface area contributed by atoms with E-state index < -0.39 is 0 Å². The molecule has 19 heavy (non-hydrogen) atoms. The minimum absolute atomic E-state index is 0.00412. The third kappa shape index (κ3) is 2.60. The van der Waals surface area contributed by atoms with E-state index >= 15 is 0 Å². The molecule has 0 bridgehead atoms. The maximum atomic E-state index is 6.09. The predicted molar refractivity (Wildman–Crippen MR) is 77.1 cm³/mol. The van der Waals surface area contributed by atoms with Crippen molar-refractivity contribution in [2.45, 2.75) is 19.1 Å². The highest BCUT2D eigenvalue weighted by molar-refractivity contribution is 7.07. The number of rotatable bonds is 4. The summed E-state index contributed by atoms with van der Waals surface area (Å²) in [6, 6.07) is 10.1. The number of para-hydroxylation sites is 2. The van der Waals surface area contributed by atoms with Crippen molar-refractivity contribution >= 4 is 11.3 Å². The average Bonchev–Trinajstić information content (AvgIpc) is 2.98. The Bertz CT molecular complexity index is 527. The lowest BCUT2D eigenvalue weighted by molar-refractivity contribution is 0.0622. The van der Waals surface area contributed by atoms with Gasteiger partial charge < -0.3 is 14.8 Å². The van der Waals surface area contributed by atoms with Gasteiger partial charge in [0.05, 0.1) is 6.04 Å². The smallest absolute Gasteiger partial charge is 0.161 e. The number of benzene rings is 1. The van der Waals surface area contributed by atoms with Crippen LogP contribution in [0.15, 0.2) is 41.1 Å². The van der Waals surface area contributed by atoms with Gasteiger partial charge in [0.25, 0.3) is 0 Å². The highest BCUT2D eigenvalue weighted by atomic mass is 32.1. The second-order valence-corrected chi connectivity index (χ2v) is 5.29. The van der Waals surface area contributed by atoms with E-state index in [0.29, 0.717) is 6.61 Å². The van der Waals surface area contributed by atoms with Crippen molar-refractivity contribution < 1.29 is 9.47 Å². The minimum atomic E-state index is 0.00412. The topological polar surface area (TPSA) is 30.5 Å². The van der Waals surface area contributed by atoms with Gasteiger partial charge in [-0.3, -0.25) is 0 Å². The summed E-state index contributed by atoms with van der Waals surface area (Å²) in [7, 11) is 0. The number of likely N-dealkylation sites (N-methyl/N-ethyl adjacent to an activating group) is 1. The molecule has 0 radical (unpaired) electrons. The molecular weight excluding hydrogens is 258 g/mol. The Morgan fingerprint density at radius 3 is 2.89 bits per heavy atom. The molecular formula is C15H17NO2S. The second kappa shape index (κ2) is 5.63. The van der Waals surface area contributed by atoms with Gasteiger partial charge in [0.15, 0.2) is 17.6 Å². The van der Waals surface area contributed by atoms with E-state index in [2.05, 4.69) is 29.1 Å². The Balaban J connectivity index is 1.82. The van der Waals surface area contributed by atoms with Crippen LogP contribution in [0.5, 0.6) is 11.5 Å². The Morgan fingerprint density at radius 1 is 1.32 bits per heavy atom. The van der Waals surface area contributed by atoms with Gasteiger partial charge >= 0.3 is 0 Å². The first-order chi connectivity index (χ1) is 9.38. The van der Waals surface area contributed by atoms with E-state index in [9.17, 15) is 0 Å². The molecule has 0 fully saturated rings. The molecule has 0 saturated heterocycles. The molecule has 2 heterocycles. The molecule has 2 atom stereocenters. The zero-order valence-electron chi connectivity index (χ0n) is 10.8. The van der Waals surface area contributed by atoms with E-state index in [1.807, 2.05) is 24.3 Å². The van der Waals surface area contributed by atoms with Crippen molar-refractivity contribution in [3.05, 3.63) is 46.7 Å². The Morgan fingerprint density at radius 2 is 2.16 bits per heavy atom. The van der Waals surface area contributed by atoms with Crippen LogP contribution in [0.2, 0.25) is 0 Å². The van der Waals surface area contributed by atoms with Crippen molar-refractivity contribution in [1.29, 1.82) is 0 Å². The normalized spacial score (nSPS) is 19.1. The molecule has 0 saturated carbocycles. The number of hydrogen-bond acceptors (Lipinski definition) is 4. The first kappa shape index (κ1) is 12.5. The van der Waals surface area contributed by atoms with Gasteiger partial charge in [-0.25, -0.2) is 0 Å². The molecule has 100 valence electrons. The van der Waals surface area contributed by atoms with Crippen LogP contribution in [0.1, 0.15) is 18.5 Å². The van der Waals surface area contributed by atoms with Crippen LogP contribution in [0.4, 0.5) is 0 Å². The molecule has 0 amide bonds. The Kier molecular flexibility index (Phi) is 3.71. The van der Waals surface area contributed by atoms with Crippen molar-refractivity contribution in [2.24, 2.45) is 0 Å².